The quantitative estimate of drug-likeness (QED) is 0.896. The van der Waals surface area contributed by atoms with E-state index in [1.54, 1.807) is 11.8 Å². The fraction of sp³-hybridized carbons (Fsp3) is 0.500. The summed E-state index contributed by atoms with van der Waals surface area (Å²) >= 11 is 0. The van der Waals surface area contributed by atoms with Crippen molar-refractivity contribution in [1.29, 1.82) is 0 Å². The van der Waals surface area contributed by atoms with E-state index < -0.39 is 29.7 Å². The summed E-state index contributed by atoms with van der Waals surface area (Å²) in [5, 5.41) is 9.02. The molecule has 0 aromatic heterocycles. The fourth-order valence-electron chi connectivity index (χ4n) is 2.55. The van der Waals surface area contributed by atoms with Gasteiger partial charge in [-0.05, 0) is 31.0 Å². The number of primary amides is 1. The molecule has 0 bridgehead atoms. The zero-order chi connectivity index (χ0) is 15.8. The summed E-state index contributed by atoms with van der Waals surface area (Å²) in [6.07, 6.45) is -4.02. The summed E-state index contributed by atoms with van der Waals surface area (Å²) in [6.45, 7) is 1.80. The molecular weight excluding hydrogens is 285 g/mol. The number of alkyl halides is 3. The molecule has 4 nitrogen and oxygen atoms in total. The highest BCUT2D eigenvalue weighted by Crippen LogP contribution is 2.38. The number of benzene rings is 1. The number of rotatable bonds is 3. The van der Waals surface area contributed by atoms with Gasteiger partial charge >= 0.3 is 6.18 Å². The lowest BCUT2D eigenvalue weighted by Crippen LogP contribution is -2.37. The van der Waals surface area contributed by atoms with Crippen molar-refractivity contribution < 1.29 is 23.1 Å². The predicted octanol–water partition coefficient (Wildman–Crippen LogP) is 1.90. The van der Waals surface area contributed by atoms with Gasteiger partial charge in [0.15, 0.2) is 0 Å². The number of amides is 1. The van der Waals surface area contributed by atoms with Crippen molar-refractivity contribution in [2.75, 3.05) is 18.0 Å². The molecule has 0 spiro atoms. The second-order valence-electron chi connectivity index (χ2n) is 5.59. The Hall–Kier alpha value is -1.76. The van der Waals surface area contributed by atoms with Crippen molar-refractivity contribution >= 4 is 11.6 Å². The Bertz CT molecular complexity index is 560. The van der Waals surface area contributed by atoms with Crippen molar-refractivity contribution in [3.63, 3.8) is 0 Å². The molecule has 0 saturated carbocycles. The molecule has 1 heterocycles. The Morgan fingerprint density at radius 3 is 2.62 bits per heavy atom. The number of hydrogen-bond acceptors (Lipinski definition) is 3. The van der Waals surface area contributed by atoms with Crippen LogP contribution in [0.25, 0.3) is 0 Å². The van der Waals surface area contributed by atoms with Gasteiger partial charge in [0.25, 0.3) is 0 Å². The summed E-state index contributed by atoms with van der Waals surface area (Å²) < 4.78 is 38.9. The first-order valence-electron chi connectivity index (χ1n) is 6.53. The standard InChI is InChI=1S/C14H17F3N2O2/c1-13(12(18)21)4-5-19(8-13)10-3-2-9(7-20)11(6-10)14(15,16)17/h2-3,6,20H,4-5,7-8H2,1H3,(H2,18,21). The summed E-state index contributed by atoms with van der Waals surface area (Å²) in [4.78, 5) is 13.1. The first kappa shape index (κ1) is 15.6. The predicted molar refractivity (Wildman–Crippen MR) is 71.5 cm³/mol. The Morgan fingerprint density at radius 2 is 2.14 bits per heavy atom. The van der Waals surface area contributed by atoms with E-state index in [-0.39, 0.29) is 12.1 Å². The lowest BCUT2D eigenvalue weighted by Gasteiger charge is -2.24. The average molecular weight is 302 g/mol. The molecule has 1 aliphatic heterocycles. The molecule has 116 valence electrons. The van der Waals surface area contributed by atoms with Gasteiger partial charge in [-0.1, -0.05) is 6.07 Å². The normalized spacial score (nSPS) is 22.6. The maximum Gasteiger partial charge on any atom is 0.416 e. The summed E-state index contributed by atoms with van der Waals surface area (Å²) in [7, 11) is 0. The van der Waals surface area contributed by atoms with Gasteiger partial charge in [-0.2, -0.15) is 13.2 Å². The largest absolute Gasteiger partial charge is 0.416 e. The molecule has 2 rings (SSSR count). The highest BCUT2D eigenvalue weighted by atomic mass is 19.4. The molecular formula is C14H17F3N2O2. The molecule has 21 heavy (non-hydrogen) atoms. The molecule has 3 N–H and O–H groups in total. The summed E-state index contributed by atoms with van der Waals surface area (Å²) in [5.41, 5.74) is 3.97. The SMILES string of the molecule is CC1(C(N)=O)CCN(c2ccc(CO)c(C(F)(F)F)c2)C1. The monoisotopic (exact) mass is 302 g/mol. The van der Waals surface area contributed by atoms with Crippen LogP contribution in [-0.4, -0.2) is 24.1 Å². The molecule has 1 aromatic rings. The summed E-state index contributed by atoms with van der Waals surface area (Å²) in [6, 6.07) is 3.80. The topological polar surface area (TPSA) is 66.6 Å². The fourth-order valence-corrected chi connectivity index (χ4v) is 2.55. The van der Waals surface area contributed by atoms with Crippen LogP contribution in [0.1, 0.15) is 24.5 Å². The zero-order valence-electron chi connectivity index (χ0n) is 11.6. The van der Waals surface area contributed by atoms with Crippen molar-refractivity contribution in [2.45, 2.75) is 26.1 Å². The molecule has 1 saturated heterocycles. The first-order valence-corrected chi connectivity index (χ1v) is 6.53. The van der Waals surface area contributed by atoms with Crippen LogP contribution in [0.3, 0.4) is 0 Å². The molecule has 0 radical (unpaired) electrons. The third kappa shape index (κ3) is 2.97. The van der Waals surface area contributed by atoms with Gasteiger partial charge in [-0.15, -0.1) is 0 Å². The Balaban J connectivity index is 2.33. The average Bonchev–Trinajstić information content (AvgIpc) is 2.81. The molecule has 1 atom stereocenters. The highest BCUT2D eigenvalue weighted by Gasteiger charge is 2.40. The van der Waals surface area contributed by atoms with Gasteiger partial charge in [0.1, 0.15) is 0 Å². The molecule has 1 aromatic carbocycles. The Kier molecular flexibility index (Phi) is 3.88. The van der Waals surface area contributed by atoms with Gasteiger partial charge < -0.3 is 15.7 Å². The number of anilines is 1. The molecule has 1 fully saturated rings. The van der Waals surface area contributed by atoms with Gasteiger partial charge in [-0.25, -0.2) is 0 Å². The lowest BCUT2D eigenvalue weighted by molar-refractivity contribution is -0.138. The van der Waals surface area contributed by atoms with Crippen LogP contribution >= 0.6 is 0 Å². The number of aliphatic hydroxyl groups excluding tert-OH is 1. The van der Waals surface area contributed by atoms with Gasteiger partial charge in [0.05, 0.1) is 17.6 Å². The van der Waals surface area contributed by atoms with Crippen molar-refractivity contribution in [2.24, 2.45) is 11.1 Å². The number of carbonyl (C=O) groups is 1. The highest BCUT2D eigenvalue weighted by molar-refractivity contribution is 5.82. The van der Waals surface area contributed by atoms with Crippen LogP contribution in [-0.2, 0) is 17.6 Å². The number of nitrogens with two attached hydrogens (primary N) is 1. The zero-order valence-corrected chi connectivity index (χ0v) is 11.6. The van der Waals surface area contributed by atoms with Crippen molar-refractivity contribution in [3.05, 3.63) is 29.3 Å². The van der Waals surface area contributed by atoms with Crippen molar-refractivity contribution in [1.82, 2.24) is 0 Å². The minimum absolute atomic E-state index is 0.164. The van der Waals surface area contributed by atoms with E-state index >= 15 is 0 Å². The van der Waals surface area contributed by atoms with E-state index in [2.05, 4.69) is 0 Å². The van der Waals surface area contributed by atoms with E-state index in [9.17, 15) is 18.0 Å². The molecule has 7 heteroatoms. The third-order valence-electron chi connectivity index (χ3n) is 4.00. The second kappa shape index (κ2) is 5.22. The van der Waals surface area contributed by atoms with Gasteiger partial charge in [0.2, 0.25) is 5.91 Å². The van der Waals surface area contributed by atoms with Crippen LogP contribution < -0.4 is 10.6 Å². The number of nitrogens with zero attached hydrogens (tertiary/aromatic N) is 1. The minimum Gasteiger partial charge on any atom is -0.392 e. The molecule has 1 unspecified atom stereocenters. The maximum atomic E-state index is 13.0. The maximum absolute atomic E-state index is 13.0. The number of hydrogen-bond donors (Lipinski definition) is 2. The number of halogens is 3. The second-order valence-corrected chi connectivity index (χ2v) is 5.59. The minimum atomic E-state index is -4.53. The first-order chi connectivity index (χ1) is 9.67. The van der Waals surface area contributed by atoms with Crippen LogP contribution in [0.15, 0.2) is 18.2 Å². The van der Waals surface area contributed by atoms with E-state index in [1.165, 1.54) is 12.1 Å². The van der Waals surface area contributed by atoms with E-state index in [0.29, 0.717) is 18.7 Å². The summed E-state index contributed by atoms with van der Waals surface area (Å²) in [5.74, 6) is -0.451. The van der Waals surface area contributed by atoms with Gasteiger partial charge in [0, 0.05) is 18.8 Å². The van der Waals surface area contributed by atoms with Crippen molar-refractivity contribution in [3.8, 4) is 0 Å². The van der Waals surface area contributed by atoms with E-state index in [0.717, 1.165) is 6.07 Å². The molecule has 1 amide bonds. The Labute approximate surface area is 120 Å². The van der Waals surface area contributed by atoms with Crippen LogP contribution in [0, 0.1) is 5.41 Å². The van der Waals surface area contributed by atoms with E-state index in [1.807, 2.05) is 0 Å². The Morgan fingerprint density at radius 1 is 1.48 bits per heavy atom. The number of aliphatic hydroxyl groups is 1. The van der Waals surface area contributed by atoms with Crippen LogP contribution in [0.4, 0.5) is 18.9 Å². The third-order valence-corrected chi connectivity index (χ3v) is 4.00. The van der Waals surface area contributed by atoms with Gasteiger partial charge in [-0.3, -0.25) is 4.79 Å². The lowest BCUT2D eigenvalue weighted by atomic mass is 9.89. The number of carbonyl (C=O) groups excluding carboxylic acids is 1. The van der Waals surface area contributed by atoms with Crippen LogP contribution in [0.2, 0.25) is 0 Å². The van der Waals surface area contributed by atoms with Crippen LogP contribution in [0.5, 0.6) is 0 Å². The van der Waals surface area contributed by atoms with E-state index in [4.69, 9.17) is 10.8 Å². The molecule has 1 aliphatic rings. The smallest absolute Gasteiger partial charge is 0.392 e. The molecule has 0 aliphatic carbocycles.